The van der Waals surface area contributed by atoms with Crippen molar-refractivity contribution in [3.05, 3.63) is 0 Å². The maximum absolute atomic E-state index is 11.2. The molecule has 0 aliphatic carbocycles. The van der Waals surface area contributed by atoms with Crippen molar-refractivity contribution >= 4 is 21.7 Å². The normalized spacial score (nSPS) is 11.2. The largest absolute Gasteiger partial charge is 0.463 e. The average molecular weight is 304 g/mol. The Morgan fingerprint density at radius 3 is 2.60 bits per heavy atom. The van der Waals surface area contributed by atoms with E-state index in [9.17, 15) is 8.42 Å². The molecule has 0 spiro atoms. The van der Waals surface area contributed by atoms with E-state index in [0.717, 1.165) is 6.42 Å². The van der Waals surface area contributed by atoms with Crippen LogP contribution < -0.4 is 20.9 Å². The molecule has 114 valence electrons. The summed E-state index contributed by atoms with van der Waals surface area (Å²) in [6.45, 7) is 2.70. The lowest BCUT2D eigenvalue weighted by molar-refractivity contribution is 0.292. The van der Waals surface area contributed by atoms with Crippen LogP contribution in [0.3, 0.4) is 0 Å². The van der Waals surface area contributed by atoms with E-state index in [1.807, 2.05) is 6.92 Å². The number of hydrogen-bond donors (Lipinski definition) is 2. The summed E-state index contributed by atoms with van der Waals surface area (Å²) in [5, 5.41) is 0. The third-order valence-corrected chi connectivity index (χ3v) is 3.23. The van der Waals surface area contributed by atoms with E-state index in [0.29, 0.717) is 12.6 Å². The molecule has 1 rings (SSSR count). The van der Waals surface area contributed by atoms with Gasteiger partial charge in [-0.25, -0.2) is 14.3 Å². The molecule has 20 heavy (non-hydrogen) atoms. The number of ether oxygens (including phenoxy) is 1. The second kappa shape index (κ2) is 7.20. The van der Waals surface area contributed by atoms with Crippen molar-refractivity contribution in [2.24, 2.45) is 5.84 Å². The first kappa shape index (κ1) is 16.4. The van der Waals surface area contributed by atoms with E-state index >= 15 is 0 Å². The van der Waals surface area contributed by atoms with Gasteiger partial charge >= 0.3 is 6.01 Å². The number of rotatable bonds is 8. The van der Waals surface area contributed by atoms with Gasteiger partial charge in [0, 0.05) is 19.8 Å². The van der Waals surface area contributed by atoms with Crippen molar-refractivity contribution in [1.82, 2.24) is 15.0 Å². The fourth-order valence-corrected chi connectivity index (χ4v) is 1.85. The molecule has 10 heteroatoms. The number of nitrogens with two attached hydrogens (primary N) is 1. The van der Waals surface area contributed by atoms with E-state index in [2.05, 4.69) is 20.4 Å². The van der Waals surface area contributed by atoms with Crippen molar-refractivity contribution < 1.29 is 13.2 Å². The van der Waals surface area contributed by atoms with Gasteiger partial charge in [-0.15, -0.1) is 0 Å². The molecule has 0 atom stereocenters. The standard InChI is InChI=1S/C10H20N6O3S/c1-4-6-19-10-13-8(15-11)12-9(14-10)16(2)5-7-20(3,17)18/h4-7,11H2,1-3H3,(H,12,13,14,15). The van der Waals surface area contributed by atoms with Crippen LogP contribution >= 0.6 is 0 Å². The van der Waals surface area contributed by atoms with E-state index < -0.39 is 9.84 Å². The smallest absolute Gasteiger partial charge is 0.323 e. The van der Waals surface area contributed by atoms with Crippen LogP contribution in [0, 0.1) is 0 Å². The molecule has 0 saturated carbocycles. The third kappa shape index (κ3) is 5.53. The van der Waals surface area contributed by atoms with Crippen molar-refractivity contribution in [3.63, 3.8) is 0 Å². The van der Waals surface area contributed by atoms with E-state index in [1.54, 1.807) is 11.9 Å². The number of hydrazine groups is 1. The first-order valence-electron chi connectivity index (χ1n) is 6.10. The Kier molecular flexibility index (Phi) is 5.89. The lowest BCUT2D eigenvalue weighted by Crippen LogP contribution is -2.27. The van der Waals surface area contributed by atoms with Crippen molar-refractivity contribution in [1.29, 1.82) is 0 Å². The Hall–Kier alpha value is -1.68. The Balaban J connectivity index is 2.86. The van der Waals surface area contributed by atoms with Crippen LogP contribution in [0.25, 0.3) is 0 Å². The highest BCUT2D eigenvalue weighted by molar-refractivity contribution is 7.90. The summed E-state index contributed by atoms with van der Waals surface area (Å²) in [4.78, 5) is 13.7. The zero-order valence-corrected chi connectivity index (χ0v) is 12.6. The van der Waals surface area contributed by atoms with E-state index in [4.69, 9.17) is 10.6 Å². The Bertz CT molecular complexity index is 536. The summed E-state index contributed by atoms with van der Waals surface area (Å²) in [5.74, 6) is 5.75. The van der Waals surface area contributed by atoms with Crippen LogP contribution in [-0.4, -0.2) is 55.6 Å². The maximum Gasteiger partial charge on any atom is 0.323 e. The monoisotopic (exact) mass is 304 g/mol. The summed E-state index contributed by atoms with van der Waals surface area (Å²) in [6.07, 6.45) is 1.99. The van der Waals surface area contributed by atoms with Gasteiger partial charge in [-0.1, -0.05) is 6.92 Å². The number of nitrogens with one attached hydrogen (secondary N) is 1. The van der Waals surface area contributed by atoms with Crippen LogP contribution in [0.2, 0.25) is 0 Å². The lowest BCUT2D eigenvalue weighted by Gasteiger charge is -2.17. The second-order valence-electron chi connectivity index (χ2n) is 4.29. The van der Waals surface area contributed by atoms with Gasteiger partial charge in [0.1, 0.15) is 9.84 Å². The molecule has 1 aromatic rings. The van der Waals surface area contributed by atoms with E-state index in [-0.39, 0.29) is 24.3 Å². The molecule has 0 aliphatic heterocycles. The van der Waals surface area contributed by atoms with Crippen LogP contribution in [0.15, 0.2) is 0 Å². The minimum Gasteiger partial charge on any atom is -0.463 e. The molecule has 1 heterocycles. The molecule has 0 bridgehead atoms. The van der Waals surface area contributed by atoms with Gasteiger partial charge < -0.3 is 9.64 Å². The summed E-state index contributed by atoms with van der Waals surface area (Å²) in [7, 11) is -1.37. The summed E-state index contributed by atoms with van der Waals surface area (Å²) < 4.78 is 27.7. The first-order valence-corrected chi connectivity index (χ1v) is 8.16. The van der Waals surface area contributed by atoms with Gasteiger partial charge in [-0.05, 0) is 6.42 Å². The van der Waals surface area contributed by atoms with Gasteiger partial charge in [0.2, 0.25) is 11.9 Å². The highest BCUT2D eigenvalue weighted by Gasteiger charge is 2.12. The minimum absolute atomic E-state index is 0.00567. The minimum atomic E-state index is -3.05. The zero-order chi connectivity index (χ0) is 15.2. The van der Waals surface area contributed by atoms with Crippen LogP contribution in [0.4, 0.5) is 11.9 Å². The van der Waals surface area contributed by atoms with Gasteiger partial charge in [-0.2, -0.15) is 15.0 Å². The molecule has 0 radical (unpaired) electrons. The first-order chi connectivity index (χ1) is 9.35. The van der Waals surface area contributed by atoms with Gasteiger partial charge in [-0.3, -0.25) is 5.43 Å². The fraction of sp³-hybridized carbons (Fsp3) is 0.700. The van der Waals surface area contributed by atoms with Gasteiger partial charge in [0.05, 0.1) is 12.4 Å². The van der Waals surface area contributed by atoms with E-state index in [1.165, 1.54) is 6.26 Å². The Labute approximate surface area is 118 Å². The molecule has 0 saturated heterocycles. The molecular formula is C10H20N6O3S. The molecule has 0 unspecified atom stereocenters. The number of hydrogen-bond acceptors (Lipinski definition) is 9. The molecule has 3 N–H and O–H groups in total. The van der Waals surface area contributed by atoms with Crippen molar-refractivity contribution in [2.75, 3.05) is 42.5 Å². The molecule has 0 aliphatic rings. The predicted octanol–water partition coefficient (Wildman–Crippen LogP) is -0.573. The second-order valence-corrected chi connectivity index (χ2v) is 6.55. The van der Waals surface area contributed by atoms with Gasteiger partial charge in [0.15, 0.2) is 0 Å². The lowest BCUT2D eigenvalue weighted by atomic mass is 10.5. The quantitative estimate of drug-likeness (QED) is 0.479. The van der Waals surface area contributed by atoms with Crippen LogP contribution in [0.5, 0.6) is 6.01 Å². The van der Waals surface area contributed by atoms with Gasteiger partial charge in [0.25, 0.3) is 0 Å². The Morgan fingerprint density at radius 1 is 1.35 bits per heavy atom. The number of nitrogen functional groups attached to an aromatic ring is 1. The number of anilines is 2. The SMILES string of the molecule is CCCOc1nc(NN)nc(N(C)CCS(C)(=O)=O)n1. The molecule has 9 nitrogen and oxygen atoms in total. The molecule has 0 amide bonds. The number of sulfone groups is 1. The van der Waals surface area contributed by atoms with Crippen LogP contribution in [0.1, 0.15) is 13.3 Å². The Morgan fingerprint density at radius 2 is 2.05 bits per heavy atom. The molecule has 1 aromatic heterocycles. The van der Waals surface area contributed by atoms with Crippen molar-refractivity contribution in [2.45, 2.75) is 13.3 Å². The molecular weight excluding hydrogens is 284 g/mol. The predicted molar refractivity (Wildman–Crippen MR) is 76.4 cm³/mol. The van der Waals surface area contributed by atoms with Crippen LogP contribution in [-0.2, 0) is 9.84 Å². The fourth-order valence-electron chi connectivity index (χ4n) is 1.24. The third-order valence-electron chi connectivity index (χ3n) is 2.31. The molecule has 0 aromatic carbocycles. The summed E-state index contributed by atoms with van der Waals surface area (Å²) >= 11 is 0. The highest BCUT2D eigenvalue weighted by atomic mass is 32.2. The number of nitrogens with zero attached hydrogens (tertiary/aromatic N) is 4. The topological polar surface area (TPSA) is 123 Å². The highest BCUT2D eigenvalue weighted by Crippen LogP contribution is 2.13. The summed E-state index contributed by atoms with van der Waals surface area (Å²) in [5.41, 5.74) is 2.32. The number of aromatic nitrogens is 3. The zero-order valence-electron chi connectivity index (χ0n) is 11.8. The van der Waals surface area contributed by atoms with Crippen molar-refractivity contribution in [3.8, 4) is 6.01 Å². The average Bonchev–Trinajstić information content (AvgIpc) is 2.41. The molecule has 0 fully saturated rings. The maximum atomic E-state index is 11.2. The summed E-state index contributed by atoms with van der Waals surface area (Å²) in [6, 6.07) is 0.149.